The van der Waals surface area contributed by atoms with Crippen LogP contribution in [0.3, 0.4) is 0 Å². The Kier molecular flexibility index (Phi) is 7.31. The molecular weight excluding hydrogens is 472 g/mol. The van der Waals surface area contributed by atoms with Gasteiger partial charge in [0.15, 0.2) is 5.78 Å². The van der Waals surface area contributed by atoms with Crippen molar-refractivity contribution in [2.24, 2.45) is 0 Å². The standard InChI is InChI=1S/C27H32N6O4/c1-19(34)3-2-10-32-11-8-27(36,9-12-32)26(35)30-21-6-4-20(5-7-21)23-17-22-24(31-23)28-18-29-25(22)33-13-15-37-16-14-33/h2-7,17-18,36H,8-16H2,1H3,(H,30,35)(H,28,29,31)/b3-2+. The summed E-state index contributed by atoms with van der Waals surface area (Å²) in [4.78, 5) is 40.5. The number of morpholine rings is 1. The first-order valence-corrected chi connectivity index (χ1v) is 12.6. The largest absolute Gasteiger partial charge is 0.380 e. The van der Waals surface area contributed by atoms with Gasteiger partial charge in [-0.25, -0.2) is 9.97 Å². The van der Waals surface area contributed by atoms with Crippen molar-refractivity contribution in [2.75, 3.05) is 56.2 Å². The zero-order valence-electron chi connectivity index (χ0n) is 20.9. The molecule has 0 atom stereocenters. The third kappa shape index (κ3) is 5.71. The van der Waals surface area contributed by atoms with Gasteiger partial charge in [0.25, 0.3) is 5.91 Å². The Morgan fingerprint density at radius 2 is 1.86 bits per heavy atom. The molecule has 0 unspecified atom stereocenters. The minimum absolute atomic E-state index is 0.00913. The van der Waals surface area contributed by atoms with Gasteiger partial charge >= 0.3 is 0 Å². The van der Waals surface area contributed by atoms with E-state index in [1.807, 2.05) is 30.3 Å². The molecule has 2 saturated heterocycles. The second-order valence-corrected chi connectivity index (χ2v) is 9.62. The van der Waals surface area contributed by atoms with Crippen LogP contribution in [0.1, 0.15) is 19.8 Å². The zero-order valence-corrected chi connectivity index (χ0v) is 20.9. The summed E-state index contributed by atoms with van der Waals surface area (Å²) in [5, 5.41) is 14.8. The van der Waals surface area contributed by atoms with E-state index >= 15 is 0 Å². The predicted molar refractivity (Wildman–Crippen MR) is 141 cm³/mol. The van der Waals surface area contributed by atoms with E-state index in [1.165, 1.54) is 6.92 Å². The second kappa shape index (κ2) is 10.8. The molecule has 10 heteroatoms. The number of nitrogens with zero attached hydrogens (tertiary/aromatic N) is 4. The first-order chi connectivity index (χ1) is 17.9. The minimum atomic E-state index is -1.41. The summed E-state index contributed by atoms with van der Waals surface area (Å²) in [5.74, 6) is 0.513. The number of hydrogen-bond acceptors (Lipinski definition) is 8. The van der Waals surface area contributed by atoms with Crippen molar-refractivity contribution in [3.63, 3.8) is 0 Å². The maximum atomic E-state index is 12.9. The Morgan fingerprint density at radius 1 is 1.14 bits per heavy atom. The van der Waals surface area contributed by atoms with Gasteiger partial charge in [0.05, 0.1) is 18.6 Å². The van der Waals surface area contributed by atoms with Gasteiger partial charge in [0.1, 0.15) is 23.4 Å². The SMILES string of the molecule is CC(=O)/C=C/CN1CCC(O)(C(=O)Nc2ccc(-c3cc4c(N5CCOCC5)ncnc4[nH]3)cc2)CC1. The van der Waals surface area contributed by atoms with Crippen molar-refractivity contribution in [1.29, 1.82) is 0 Å². The highest BCUT2D eigenvalue weighted by Gasteiger charge is 2.39. The van der Waals surface area contributed by atoms with Crippen LogP contribution in [-0.2, 0) is 14.3 Å². The maximum absolute atomic E-state index is 12.9. The molecule has 194 valence electrons. The van der Waals surface area contributed by atoms with E-state index in [-0.39, 0.29) is 5.78 Å². The number of ether oxygens (including phenoxy) is 1. The monoisotopic (exact) mass is 504 g/mol. The Hall–Kier alpha value is -3.60. The van der Waals surface area contributed by atoms with Crippen LogP contribution in [0.2, 0.25) is 0 Å². The second-order valence-electron chi connectivity index (χ2n) is 9.62. The molecule has 0 bridgehead atoms. The fraction of sp³-hybridized carbons (Fsp3) is 0.407. The van der Waals surface area contributed by atoms with Crippen LogP contribution in [0.15, 0.2) is 48.8 Å². The molecule has 3 N–H and O–H groups in total. The summed E-state index contributed by atoms with van der Waals surface area (Å²) < 4.78 is 5.46. The Bertz CT molecular complexity index is 1290. The molecule has 3 aromatic rings. The number of hydrogen-bond donors (Lipinski definition) is 3. The molecule has 10 nitrogen and oxygen atoms in total. The molecule has 1 amide bonds. The molecule has 0 radical (unpaired) electrons. The number of carbonyl (C=O) groups excluding carboxylic acids is 2. The molecule has 4 heterocycles. The highest BCUT2D eigenvalue weighted by molar-refractivity contribution is 5.97. The quantitative estimate of drug-likeness (QED) is 0.419. The zero-order chi connectivity index (χ0) is 25.8. The third-order valence-electron chi connectivity index (χ3n) is 6.99. The van der Waals surface area contributed by atoms with Crippen molar-refractivity contribution >= 4 is 34.2 Å². The maximum Gasteiger partial charge on any atom is 0.256 e. The lowest BCUT2D eigenvalue weighted by Crippen LogP contribution is -2.51. The average Bonchev–Trinajstić information content (AvgIpc) is 3.35. The van der Waals surface area contributed by atoms with Crippen molar-refractivity contribution in [2.45, 2.75) is 25.4 Å². The van der Waals surface area contributed by atoms with Gasteiger partial charge in [-0.15, -0.1) is 0 Å². The first-order valence-electron chi connectivity index (χ1n) is 12.6. The topological polar surface area (TPSA) is 124 Å². The van der Waals surface area contributed by atoms with Crippen LogP contribution in [0, 0.1) is 0 Å². The third-order valence-corrected chi connectivity index (χ3v) is 6.99. The number of aliphatic hydroxyl groups is 1. The number of carbonyl (C=O) groups is 2. The van der Waals surface area contributed by atoms with E-state index in [4.69, 9.17) is 4.74 Å². The molecular formula is C27H32N6O4. The summed E-state index contributed by atoms with van der Waals surface area (Å²) in [5.41, 5.74) is 1.85. The van der Waals surface area contributed by atoms with Gasteiger partial charge in [-0.1, -0.05) is 18.2 Å². The van der Waals surface area contributed by atoms with E-state index in [1.54, 1.807) is 12.4 Å². The fourth-order valence-electron chi connectivity index (χ4n) is 4.79. The number of aromatic nitrogens is 3. The normalized spacial score (nSPS) is 18.4. The van der Waals surface area contributed by atoms with E-state index < -0.39 is 11.5 Å². The van der Waals surface area contributed by atoms with Crippen LogP contribution in [0.25, 0.3) is 22.3 Å². The Balaban J connectivity index is 1.23. The van der Waals surface area contributed by atoms with Gasteiger partial charge in [-0.3, -0.25) is 14.5 Å². The van der Waals surface area contributed by atoms with E-state index in [0.29, 0.717) is 51.4 Å². The number of allylic oxidation sites excluding steroid dienone is 1. The number of benzene rings is 1. The molecule has 0 spiro atoms. The first kappa shape index (κ1) is 25.1. The van der Waals surface area contributed by atoms with Gasteiger partial charge < -0.3 is 25.0 Å². The molecule has 2 fully saturated rings. The van der Waals surface area contributed by atoms with E-state index in [9.17, 15) is 14.7 Å². The van der Waals surface area contributed by atoms with E-state index in [2.05, 4.69) is 36.1 Å². The van der Waals surface area contributed by atoms with Crippen LogP contribution in [0.5, 0.6) is 0 Å². The van der Waals surface area contributed by atoms with Gasteiger partial charge in [0.2, 0.25) is 0 Å². The number of amides is 1. The lowest BCUT2D eigenvalue weighted by Gasteiger charge is -2.36. The highest BCUT2D eigenvalue weighted by Crippen LogP contribution is 2.30. The number of piperidine rings is 1. The molecule has 2 aromatic heterocycles. The number of anilines is 2. The minimum Gasteiger partial charge on any atom is -0.380 e. The molecule has 0 aliphatic carbocycles. The van der Waals surface area contributed by atoms with Crippen LogP contribution in [0.4, 0.5) is 11.5 Å². The van der Waals surface area contributed by atoms with Crippen LogP contribution < -0.4 is 10.2 Å². The molecule has 2 aliphatic heterocycles. The van der Waals surface area contributed by atoms with Crippen molar-refractivity contribution in [3.05, 3.63) is 48.8 Å². The van der Waals surface area contributed by atoms with Gasteiger partial charge in [-0.2, -0.15) is 0 Å². The van der Waals surface area contributed by atoms with Crippen molar-refractivity contribution in [3.8, 4) is 11.3 Å². The fourth-order valence-corrected chi connectivity index (χ4v) is 4.79. The lowest BCUT2D eigenvalue weighted by molar-refractivity contribution is -0.138. The van der Waals surface area contributed by atoms with Crippen molar-refractivity contribution < 1.29 is 19.4 Å². The highest BCUT2D eigenvalue weighted by atomic mass is 16.5. The predicted octanol–water partition coefficient (Wildman–Crippen LogP) is 2.37. The molecule has 5 rings (SSSR count). The van der Waals surface area contributed by atoms with E-state index in [0.717, 1.165) is 41.2 Å². The number of H-pyrrole nitrogens is 1. The summed E-state index contributed by atoms with van der Waals surface area (Å²) in [6.07, 6.45) is 5.61. The summed E-state index contributed by atoms with van der Waals surface area (Å²) in [7, 11) is 0. The molecule has 1 aromatic carbocycles. The number of nitrogens with one attached hydrogen (secondary N) is 2. The number of fused-ring (bicyclic) bond motifs is 1. The number of likely N-dealkylation sites (tertiary alicyclic amines) is 1. The van der Waals surface area contributed by atoms with Gasteiger partial charge in [-0.05, 0) is 49.6 Å². The summed E-state index contributed by atoms with van der Waals surface area (Å²) in [6.45, 7) is 6.27. The van der Waals surface area contributed by atoms with Crippen molar-refractivity contribution in [1.82, 2.24) is 19.9 Å². The van der Waals surface area contributed by atoms with Crippen LogP contribution in [-0.4, -0.2) is 88.2 Å². The molecule has 37 heavy (non-hydrogen) atoms. The summed E-state index contributed by atoms with van der Waals surface area (Å²) in [6, 6.07) is 9.57. The number of aromatic amines is 1. The Morgan fingerprint density at radius 3 is 2.57 bits per heavy atom. The molecule has 2 aliphatic rings. The number of rotatable bonds is 7. The summed E-state index contributed by atoms with van der Waals surface area (Å²) >= 11 is 0. The number of ketones is 1. The Labute approximate surface area is 215 Å². The smallest absolute Gasteiger partial charge is 0.256 e. The average molecular weight is 505 g/mol. The van der Waals surface area contributed by atoms with Crippen LogP contribution >= 0.6 is 0 Å². The lowest BCUT2D eigenvalue weighted by atomic mass is 9.90. The van der Waals surface area contributed by atoms with Gasteiger partial charge in [0, 0.05) is 44.1 Å². The molecule has 0 saturated carbocycles.